The zero-order valence-electron chi connectivity index (χ0n) is 23.7. The number of rotatable bonds is 9. The Labute approximate surface area is 238 Å². The second-order valence-corrected chi connectivity index (χ2v) is 11.3. The van der Waals surface area contributed by atoms with Crippen LogP contribution in [-0.2, 0) is 34.5 Å². The van der Waals surface area contributed by atoms with Crippen LogP contribution >= 0.6 is 0 Å². The maximum atomic E-state index is 13.2. The highest BCUT2D eigenvalue weighted by Crippen LogP contribution is 2.30. The molecule has 0 saturated carbocycles. The van der Waals surface area contributed by atoms with Gasteiger partial charge < -0.3 is 25.3 Å². The number of imidazole rings is 1. The van der Waals surface area contributed by atoms with E-state index in [1.54, 1.807) is 33.0 Å². The van der Waals surface area contributed by atoms with Gasteiger partial charge in [0.1, 0.15) is 17.5 Å². The molecule has 1 aliphatic heterocycles. The van der Waals surface area contributed by atoms with Gasteiger partial charge in [-0.15, -0.1) is 0 Å². The number of hydrogen-bond acceptors (Lipinski definition) is 7. The summed E-state index contributed by atoms with van der Waals surface area (Å²) in [6, 6.07) is 12.7. The third-order valence-electron chi connectivity index (χ3n) is 7.04. The number of fused-ring (bicyclic) bond motifs is 2. The summed E-state index contributed by atoms with van der Waals surface area (Å²) in [7, 11) is 1.94. The maximum absolute atomic E-state index is 13.2. The molecule has 5 rings (SSSR count). The first-order chi connectivity index (χ1) is 19.5. The first-order valence-corrected chi connectivity index (χ1v) is 13.5. The quantitative estimate of drug-likeness (QED) is 0.297. The van der Waals surface area contributed by atoms with Crippen molar-refractivity contribution < 1.29 is 19.1 Å². The van der Waals surface area contributed by atoms with Gasteiger partial charge in [-0.05, 0) is 68.5 Å². The van der Waals surface area contributed by atoms with E-state index < -0.39 is 23.5 Å². The average molecular weight is 555 g/mol. The lowest BCUT2D eigenvalue weighted by Gasteiger charge is -2.25. The molecule has 212 valence electrons. The third kappa shape index (κ3) is 6.21. The monoisotopic (exact) mass is 554 g/mol. The standard InChI is InChI=1S/C31H34N6O4/c1-31(2,3)41-28(38)10-9-26(29(32)39)37-17-22-13-20(6-8-24(22)30(37)40)25-18-36(4)27(35-25)16-34-23-7-5-21-15-33-12-11-19(21)14-23/h5-8,11-15,18,26,34H,9-10,16-17H2,1-4H3,(H2,32,39). The number of carbonyl (C=O) groups excluding carboxylic acids is 3. The molecule has 10 nitrogen and oxygen atoms in total. The molecule has 4 aromatic rings. The smallest absolute Gasteiger partial charge is 0.306 e. The van der Waals surface area contributed by atoms with Gasteiger partial charge in [0.15, 0.2) is 0 Å². The van der Waals surface area contributed by atoms with E-state index in [9.17, 15) is 14.4 Å². The number of amides is 2. The van der Waals surface area contributed by atoms with Crippen molar-refractivity contribution in [1.82, 2.24) is 19.4 Å². The number of aromatic nitrogens is 3. The van der Waals surface area contributed by atoms with Gasteiger partial charge >= 0.3 is 5.97 Å². The Hall–Kier alpha value is -4.73. The van der Waals surface area contributed by atoms with E-state index in [0.717, 1.165) is 39.1 Å². The number of pyridine rings is 1. The third-order valence-corrected chi connectivity index (χ3v) is 7.04. The molecule has 0 spiro atoms. The Bertz CT molecular complexity index is 1640. The molecule has 3 N–H and O–H groups in total. The van der Waals surface area contributed by atoms with Gasteiger partial charge in [0.25, 0.3) is 5.91 Å². The van der Waals surface area contributed by atoms with Gasteiger partial charge in [-0.1, -0.05) is 12.1 Å². The van der Waals surface area contributed by atoms with Crippen molar-refractivity contribution in [3.8, 4) is 11.3 Å². The van der Waals surface area contributed by atoms with Crippen LogP contribution in [0.2, 0.25) is 0 Å². The highest BCUT2D eigenvalue weighted by Gasteiger charge is 2.36. The van der Waals surface area contributed by atoms with Gasteiger partial charge in [-0.25, -0.2) is 4.98 Å². The number of esters is 1. The molecule has 41 heavy (non-hydrogen) atoms. The van der Waals surface area contributed by atoms with Crippen LogP contribution in [0.5, 0.6) is 0 Å². The topological polar surface area (TPSA) is 132 Å². The molecule has 0 saturated heterocycles. The fourth-order valence-corrected chi connectivity index (χ4v) is 5.04. The van der Waals surface area contributed by atoms with Crippen molar-refractivity contribution in [1.29, 1.82) is 0 Å². The summed E-state index contributed by atoms with van der Waals surface area (Å²) in [6.07, 6.45) is 5.65. The predicted molar refractivity (Wildman–Crippen MR) is 156 cm³/mol. The Balaban J connectivity index is 1.28. The molecular weight excluding hydrogens is 520 g/mol. The molecule has 2 aromatic heterocycles. The van der Waals surface area contributed by atoms with Crippen LogP contribution in [0.25, 0.3) is 22.0 Å². The first-order valence-electron chi connectivity index (χ1n) is 13.5. The summed E-state index contributed by atoms with van der Waals surface area (Å²) in [6.45, 7) is 6.08. The molecule has 0 fully saturated rings. The SMILES string of the molecule is Cn1cc(-c2ccc3c(c2)CN(C(CCC(=O)OC(C)(C)C)C(N)=O)C3=O)nc1CNc1ccc2cnccc2c1. The normalized spacial score (nSPS) is 13.8. The van der Waals surface area contributed by atoms with E-state index in [2.05, 4.69) is 16.4 Å². The number of anilines is 1. The van der Waals surface area contributed by atoms with Gasteiger partial charge in [0, 0.05) is 60.8 Å². The Kier molecular flexibility index (Phi) is 7.49. The first kappa shape index (κ1) is 27.8. The summed E-state index contributed by atoms with van der Waals surface area (Å²) in [5.41, 5.74) is 8.95. The number of nitrogens with zero attached hydrogens (tertiary/aromatic N) is 4. The fourth-order valence-electron chi connectivity index (χ4n) is 5.04. The van der Waals surface area contributed by atoms with E-state index in [1.807, 2.05) is 54.3 Å². The minimum Gasteiger partial charge on any atom is -0.460 e. The summed E-state index contributed by atoms with van der Waals surface area (Å²) in [4.78, 5) is 48.1. The second-order valence-electron chi connectivity index (χ2n) is 11.3. The van der Waals surface area contributed by atoms with Crippen molar-refractivity contribution in [2.24, 2.45) is 12.8 Å². The van der Waals surface area contributed by atoms with Crippen molar-refractivity contribution >= 4 is 34.2 Å². The molecule has 0 radical (unpaired) electrons. The number of primary amides is 1. The predicted octanol–water partition coefficient (Wildman–Crippen LogP) is 4.18. The molecule has 0 aliphatic carbocycles. The molecule has 2 amide bonds. The van der Waals surface area contributed by atoms with Crippen LogP contribution in [-0.4, -0.2) is 48.9 Å². The van der Waals surface area contributed by atoms with Crippen molar-refractivity contribution in [2.75, 3.05) is 5.32 Å². The van der Waals surface area contributed by atoms with Crippen LogP contribution in [0, 0.1) is 0 Å². The second kappa shape index (κ2) is 11.0. The van der Waals surface area contributed by atoms with Crippen LogP contribution in [0.3, 0.4) is 0 Å². The Morgan fingerprint density at radius 3 is 2.68 bits per heavy atom. The van der Waals surface area contributed by atoms with Gasteiger partial charge in [0.2, 0.25) is 5.91 Å². The van der Waals surface area contributed by atoms with Crippen LogP contribution in [0.15, 0.2) is 61.1 Å². The molecule has 1 atom stereocenters. The van der Waals surface area contributed by atoms with Crippen molar-refractivity contribution in [3.05, 3.63) is 78.0 Å². The number of nitrogens with two attached hydrogens (primary N) is 1. The lowest BCUT2D eigenvalue weighted by Crippen LogP contribution is -2.45. The molecule has 1 unspecified atom stereocenters. The van der Waals surface area contributed by atoms with E-state index in [-0.39, 0.29) is 25.3 Å². The van der Waals surface area contributed by atoms with Crippen LogP contribution in [0.1, 0.15) is 55.4 Å². The van der Waals surface area contributed by atoms with Gasteiger partial charge in [0.05, 0.1) is 12.2 Å². The highest BCUT2D eigenvalue weighted by molar-refractivity contribution is 6.01. The van der Waals surface area contributed by atoms with Crippen molar-refractivity contribution in [2.45, 2.75) is 58.3 Å². The molecule has 2 aromatic carbocycles. The average Bonchev–Trinajstić information content (AvgIpc) is 3.45. The lowest BCUT2D eigenvalue weighted by atomic mass is 10.0. The Morgan fingerprint density at radius 2 is 1.93 bits per heavy atom. The Morgan fingerprint density at radius 1 is 1.12 bits per heavy atom. The molecule has 0 bridgehead atoms. The zero-order chi connectivity index (χ0) is 29.3. The van der Waals surface area contributed by atoms with Gasteiger partial charge in [-0.3, -0.25) is 19.4 Å². The van der Waals surface area contributed by atoms with Crippen LogP contribution < -0.4 is 11.1 Å². The van der Waals surface area contributed by atoms with Crippen LogP contribution in [0.4, 0.5) is 5.69 Å². The zero-order valence-corrected chi connectivity index (χ0v) is 23.7. The molecule has 10 heteroatoms. The fraction of sp³-hybridized carbons (Fsp3) is 0.323. The maximum Gasteiger partial charge on any atom is 0.306 e. The van der Waals surface area contributed by atoms with E-state index >= 15 is 0 Å². The van der Waals surface area contributed by atoms with E-state index in [0.29, 0.717) is 12.1 Å². The number of benzene rings is 2. The number of nitrogens with one attached hydrogen (secondary N) is 1. The summed E-state index contributed by atoms with van der Waals surface area (Å²) in [5, 5.41) is 5.62. The molecular formula is C31H34N6O4. The summed E-state index contributed by atoms with van der Waals surface area (Å²) in [5.74, 6) is -0.519. The largest absolute Gasteiger partial charge is 0.460 e. The summed E-state index contributed by atoms with van der Waals surface area (Å²) < 4.78 is 7.31. The lowest BCUT2D eigenvalue weighted by molar-refractivity contribution is -0.155. The minimum atomic E-state index is -0.912. The van der Waals surface area contributed by atoms with E-state index in [1.165, 1.54) is 4.90 Å². The summed E-state index contributed by atoms with van der Waals surface area (Å²) >= 11 is 0. The number of hydrogen-bond donors (Lipinski definition) is 2. The number of ether oxygens (including phenoxy) is 1. The number of carbonyl (C=O) groups is 3. The minimum absolute atomic E-state index is 0.0165. The molecule has 3 heterocycles. The molecule has 1 aliphatic rings. The van der Waals surface area contributed by atoms with Gasteiger partial charge in [-0.2, -0.15) is 0 Å². The van der Waals surface area contributed by atoms with Crippen molar-refractivity contribution in [3.63, 3.8) is 0 Å². The number of aryl methyl sites for hydroxylation is 1. The van der Waals surface area contributed by atoms with E-state index in [4.69, 9.17) is 15.5 Å². The highest BCUT2D eigenvalue weighted by atomic mass is 16.6.